The van der Waals surface area contributed by atoms with Gasteiger partial charge in [0.2, 0.25) is 0 Å². The Morgan fingerprint density at radius 3 is 2.00 bits per heavy atom. The van der Waals surface area contributed by atoms with E-state index in [-0.39, 0.29) is 18.6 Å². The fourth-order valence-electron chi connectivity index (χ4n) is 1.24. The molecule has 0 rings (SSSR count). The molecule has 0 aromatic carbocycles. The topological polar surface area (TPSA) is 61.8 Å². The van der Waals surface area contributed by atoms with Gasteiger partial charge in [-0.15, -0.1) is 0 Å². The minimum absolute atomic E-state index is 0.107. The lowest BCUT2D eigenvalue weighted by Gasteiger charge is -2.18. The molecule has 0 aromatic heterocycles. The molecule has 0 bridgehead atoms. The van der Waals surface area contributed by atoms with Crippen LogP contribution in [0.15, 0.2) is 0 Å². The average Bonchev–Trinajstić information content (AvgIpc) is 2.21. The number of carbonyl (C=O) groups excluding carboxylic acids is 2. The highest BCUT2D eigenvalue weighted by Crippen LogP contribution is 2.07. The maximum atomic E-state index is 11.7. The van der Waals surface area contributed by atoms with Crippen LogP contribution in [-0.4, -0.2) is 36.9 Å². The molecule has 0 aromatic rings. The van der Waals surface area contributed by atoms with Crippen molar-refractivity contribution in [3.8, 4) is 0 Å². The zero-order chi connectivity index (χ0) is 14.1. The molecule has 0 heterocycles. The molecule has 0 radical (unpaired) electrons. The summed E-state index contributed by atoms with van der Waals surface area (Å²) >= 11 is 0. The molecule has 106 valence electrons. The van der Waals surface area contributed by atoms with E-state index in [0.717, 1.165) is 6.42 Å². The van der Waals surface area contributed by atoms with Crippen LogP contribution in [-0.2, 0) is 23.8 Å². The maximum Gasteiger partial charge on any atom is 0.336 e. The van der Waals surface area contributed by atoms with Crippen LogP contribution in [0.3, 0.4) is 0 Å². The van der Waals surface area contributed by atoms with Gasteiger partial charge >= 0.3 is 11.9 Å². The fraction of sp³-hybridized carbons (Fsp3) is 0.846. The van der Waals surface area contributed by atoms with Crippen LogP contribution < -0.4 is 0 Å². The van der Waals surface area contributed by atoms with Crippen molar-refractivity contribution >= 4 is 11.9 Å². The first-order valence-corrected chi connectivity index (χ1v) is 6.38. The second-order valence-electron chi connectivity index (χ2n) is 4.59. The van der Waals surface area contributed by atoms with Gasteiger partial charge in [0.05, 0.1) is 18.6 Å². The second-order valence-corrected chi connectivity index (χ2v) is 4.59. The first-order valence-electron chi connectivity index (χ1n) is 6.38. The molecule has 1 unspecified atom stereocenters. The van der Waals surface area contributed by atoms with Crippen molar-refractivity contribution in [2.24, 2.45) is 0 Å². The van der Waals surface area contributed by atoms with E-state index in [4.69, 9.17) is 14.2 Å². The average molecular weight is 260 g/mol. The summed E-state index contributed by atoms with van der Waals surface area (Å²) in [5.41, 5.74) is 0. The third-order valence-electron chi connectivity index (χ3n) is 1.86. The summed E-state index contributed by atoms with van der Waals surface area (Å²) in [5.74, 6) is -0.967. The molecule has 0 spiro atoms. The van der Waals surface area contributed by atoms with Gasteiger partial charge in [-0.2, -0.15) is 0 Å². The molecular formula is C13H24O5. The molecule has 0 saturated heterocycles. The molecule has 0 aliphatic heterocycles. The first kappa shape index (κ1) is 16.9. The van der Waals surface area contributed by atoms with Crippen molar-refractivity contribution < 1.29 is 23.8 Å². The molecule has 0 fully saturated rings. The van der Waals surface area contributed by atoms with Crippen LogP contribution in [0.5, 0.6) is 0 Å². The molecule has 1 atom stereocenters. The Morgan fingerprint density at radius 1 is 1.00 bits per heavy atom. The molecule has 0 N–H and O–H groups in total. The predicted molar refractivity (Wildman–Crippen MR) is 67.1 cm³/mol. The summed E-state index contributed by atoms with van der Waals surface area (Å²) < 4.78 is 15.4. The molecule has 0 saturated carbocycles. The number of esters is 2. The highest BCUT2D eigenvalue weighted by molar-refractivity contribution is 5.82. The first-order chi connectivity index (χ1) is 8.36. The van der Waals surface area contributed by atoms with E-state index in [1.807, 2.05) is 6.92 Å². The number of ether oxygens (including phenoxy) is 3. The summed E-state index contributed by atoms with van der Waals surface area (Å²) in [7, 11) is 0. The van der Waals surface area contributed by atoms with Gasteiger partial charge in [-0.3, -0.25) is 4.79 Å². The quantitative estimate of drug-likeness (QED) is 0.625. The molecule has 0 aliphatic rings. The molecule has 5 heteroatoms. The van der Waals surface area contributed by atoms with Crippen LogP contribution in [0.2, 0.25) is 0 Å². The smallest absolute Gasteiger partial charge is 0.336 e. The molecule has 5 nitrogen and oxygen atoms in total. The largest absolute Gasteiger partial charge is 0.463 e. The predicted octanol–water partition coefficient (Wildman–Crippen LogP) is 2.07. The van der Waals surface area contributed by atoms with E-state index in [2.05, 4.69) is 0 Å². The highest BCUT2D eigenvalue weighted by atomic mass is 16.6. The number of hydrogen-bond acceptors (Lipinski definition) is 5. The van der Waals surface area contributed by atoms with Gasteiger partial charge in [-0.25, -0.2) is 4.79 Å². The van der Waals surface area contributed by atoms with Gasteiger partial charge in [0.15, 0.2) is 6.10 Å². The Hall–Kier alpha value is -1.10. The van der Waals surface area contributed by atoms with Crippen molar-refractivity contribution in [1.29, 1.82) is 0 Å². The van der Waals surface area contributed by atoms with Crippen LogP contribution in [0, 0.1) is 0 Å². The van der Waals surface area contributed by atoms with Crippen LogP contribution in [0.4, 0.5) is 0 Å². The lowest BCUT2D eigenvalue weighted by molar-refractivity contribution is -0.168. The van der Waals surface area contributed by atoms with Gasteiger partial charge in [-0.1, -0.05) is 6.92 Å². The minimum atomic E-state index is -0.876. The van der Waals surface area contributed by atoms with E-state index < -0.39 is 18.0 Å². The van der Waals surface area contributed by atoms with Crippen molar-refractivity contribution in [3.63, 3.8) is 0 Å². The molecular weight excluding hydrogens is 236 g/mol. The van der Waals surface area contributed by atoms with Gasteiger partial charge in [0, 0.05) is 6.61 Å². The lowest BCUT2D eigenvalue weighted by atomic mass is 10.2. The van der Waals surface area contributed by atoms with Crippen molar-refractivity contribution in [2.75, 3.05) is 6.61 Å². The van der Waals surface area contributed by atoms with Crippen LogP contribution in [0.1, 0.15) is 47.5 Å². The van der Waals surface area contributed by atoms with Gasteiger partial charge in [-0.05, 0) is 34.1 Å². The number of carbonyl (C=O) groups is 2. The highest BCUT2D eigenvalue weighted by Gasteiger charge is 2.26. The summed E-state index contributed by atoms with van der Waals surface area (Å²) in [6.07, 6.45) is -0.649. The third kappa shape index (κ3) is 8.06. The maximum absolute atomic E-state index is 11.7. The van der Waals surface area contributed by atoms with E-state index >= 15 is 0 Å². The van der Waals surface area contributed by atoms with Gasteiger partial charge in [0.25, 0.3) is 0 Å². The number of rotatable bonds is 8. The normalized spacial score (nSPS) is 12.6. The molecule has 0 aliphatic carbocycles. The van der Waals surface area contributed by atoms with Crippen molar-refractivity contribution in [3.05, 3.63) is 0 Å². The van der Waals surface area contributed by atoms with Crippen molar-refractivity contribution in [2.45, 2.75) is 65.8 Å². The fourth-order valence-corrected chi connectivity index (χ4v) is 1.24. The Kier molecular flexibility index (Phi) is 8.37. The SMILES string of the molecule is CCCOC(CC(=O)OC(C)C)C(=O)OC(C)C. The third-order valence-corrected chi connectivity index (χ3v) is 1.86. The Bertz CT molecular complexity index is 260. The van der Waals surface area contributed by atoms with E-state index in [1.165, 1.54) is 0 Å². The second kappa shape index (κ2) is 8.91. The van der Waals surface area contributed by atoms with Gasteiger partial charge in [0.1, 0.15) is 0 Å². The lowest BCUT2D eigenvalue weighted by Crippen LogP contribution is -2.32. The van der Waals surface area contributed by atoms with Gasteiger partial charge < -0.3 is 14.2 Å². The van der Waals surface area contributed by atoms with Crippen LogP contribution >= 0.6 is 0 Å². The summed E-state index contributed by atoms with van der Waals surface area (Å²) in [5, 5.41) is 0. The Morgan fingerprint density at radius 2 is 1.56 bits per heavy atom. The van der Waals surface area contributed by atoms with Crippen LogP contribution in [0.25, 0.3) is 0 Å². The molecule has 18 heavy (non-hydrogen) atoms. The summed E-state index contributed by atoms with van der Waals surface area (Å²) in [6, 6.07) is 0. The minimum Gasteiger partial charge on any atom is -0.463 e. The Balaban J connectivity index is 4.38. The standard InChI is InChI=1S/C13H24O5/c1-6-7-16-11(13(15)18-10(4)5)8-12(14)17-9(2)3/h9-11H,6-8H2,1-5H3. The van der Waals surface area contributed by atoms with E-state index in [0.29, 0.717) is 6.61 Å². The van der Waals surface area contributed by atoms with E-state index in [1.54, 1.807) is 27.7 Å². The monoisotopic (exact) mass is 260 g/mol. The summed E-state index contributed by atoms with van der Waals surface area (Å²) in [4.78, 5) is 23.2. The van der Waals surface area contributed by atoms with E-state index in [9.17, 15) is 9.59 Å². The van der Waals surface area contributed by atoms with Crippen molar-refractivity contribution in [1.82, 2.24) is 0 Å². The Labute approximate surface area is 109 Å². The number of hydrogen-bond donors (Lipinski definition) is 0. The summed E-state index contributed by atoms with van der Waals surface area (Å²) in [6.45, 7) is 9.35. The zero-order valence-corrected chi connectivity index (χ0v) is 11.9. The zero-order valence-electron chi connectivity index (χ0n) is 11.9. The molecule has 0 amide bonds.